The highest BCUT2D eigenvalue weighted by Gasteiger charge is 2.20. The quantitative estimate of drug-likeness (QED) is 0.804. The molecule has 3 N–H and O–H groups in total. The van der Waals surface area contributed by atoms with Gasteiger partial charge in [0, 0.05) is 17.2 Å². The second-order valence-corrected chi connectivity index (χ2v) is 6.63. The molecule has 0 aliphatic rings. The molecule has 0 unspecified atom stereocenters. The molecule has 1 atom stereocenters. The number of anilines is 1. The second kappa shape index (κ2) is 8.65. The number of para-hydroxylation sites is 1. The number of aryl methyl sites for hydroxylation is 2. The van der Waals surface area contributed by atoms with Crippen molar-refractivity contribution in [3.8, 4) is 0 Å². The number of carbonyl (C=O) groups is 1. The van der Waals surface area contributed by atoms with Gasteiger partial charge in [-0.15, -0.1) is 0 Å². The number of nitrogens with one attached hydrogen (secondary N) is 1. The number of hydrogen-bond acceptors (Lipinski definition) is 1. The fraction of sp³-hybridized carbons (Fsp3) is 0.381. The summed E-state index contributed by atoms with van der Waals surface area (Å²) in [6.45, 7) is 8.97. The molecule has 3 heteroatoms. The van der Waals surface area contributed by atoms with Crippen LogP contribution in [0.4, 0.5) is 5.69 Å². The van der Waals surface area contributed by atoms with Crippen molar-refractivity contribution in [1.82, 2.24) is 0 Å². The molecule has 1 amide bonds. The summed E-state index contributed by atoms with van der Waals surface area (Å²) in [5.41, 5.74) is 4.54. The van der Waals surface area contributed by atoms with Gasteiger partial charge in [0.25, 0.3) is 5.91 Å². The zero-order valence-corrected chi connectivity index (χ0v) is 15.2. The molecule has 2 rings (SSSR count). The SMILES string of the molecule is CCc1cccc(C)c1NC(=O)C[NH2+][C@@H](c1ccccc1)C(C)C. The van der Waals surface area contributed by atoms with E-state index in [1.54, 1.807) is 0 Å². The van der Waals surface area contributed by atoms with Crippen LogP contribution in [0, 0.1) is 12.8 Å². The predicted octanol–water partition coefficient (Wildman–Crippen LogP) is 3.46. The van der Waals surface area contributed by atoms with E-state index in [0.717, 1.165) is 17.7 Å². The van der Waals surface area contributed by atoms with Gasteiger partial charge in [-0.05, 0) is 24.5 Å². The lowest BCUT2D eigenvalue weighted by atomic mass is 9.96. The van der Waals surface area contributed by atoms with Crippen LogP contribution in [-0.4, -0.2) is 12.5 Å². The van der Waals surface area contributed by atoms with E-state index in [9.17, 15) is 4.79 Å². The molecule has 0 saturated carbocycles. The van der Waals surface area contributed by atoms with Crippen LogP contribution >= 0.6 is 0 Å². The first-order valence-corrected chi connectivity index (χ1v) is 8.79. The molecule has 3 nitrogen and oxygen atoms in total. The van der Waals surface area contributed by atoms with Gasteiger partial charge in [0.15, 0.2) is 6.54 Å². The van der Waals surface area contributed by atoms with Crippen LogP contribution < -0.4 is 10.6 Å². The summed E-state index contributed by atoms with van der Waals surface area (Å²) in [6.07, 6.45) is 0.916. The maximum absolute atomic E-state index is 12.4. The maximum atomic E-state index is 12.4. The van der Waals surface area contributed by atoms with Crippen LogP contribution in [0.25, 0.3) is 0 Å². The Balaban J connectivity index is 2.02. The summed E-state index contributed by atoms with van der Waals surface area (Å²) in [6, 6.07) is 16.9. The van der Waals surface area contributed by atoms with Crippen LogP contribution in [0.15, 0.2) is 48.5 Å². The third-order valence-corrected chi connectivity index (χ3v) is 4.46. The van der Waals surface area contributed by atoms with Crippen LogP contribution in [0.5, 0.6) is 0 Å². The smallest absolute Gasteiger partial charge is 0.279 e. The highest BCUT2D eigenvalue weighted by atomic mass is 16.1. The lowest BCUT2D eigenvalue weighted by molar-refractivity contribution is -0.692. The van der Waals surface area contributed by atoms with Crippen molar-refractivity contribution in [1.29, 1.82) is 0 Å². The number of amides is 1. The fourth-order valence-electron chi connectivity index (χ4n) is 3.09. The first kappa shape index (κ1) is 18.2. The van der Waals surface area contributed by atoms with Gasteiger partial charge in [0.2, 0.25) is 0 Å². The van der Waals surface area contributed by atoms with Crippen LogP contribution in [0.3, 0.4) is 0 Å². The molecule has 128 valence electrons. The Bertz CT molecular complexity index is 665. The minimum atomic E-state index is 0.0561. The normalized spacial score (nSPS) is 12.2. The Hall–Kier alpha value is -2.13. The lowest BCUT2D eigenvalue weighted by Crippen LogP contribution is -2.88. The average molecular weight is 325 g/mol. The highest BCUT2D eigenvalue weighted by Crippen LogP contribution is 2.21. The molecule has 0 fully saturated rings. The molecule has 0 saturated heterocycles. The van der Waals surface area contributed by atoms with E-state index < -0.39 is 0 Å². The van der Waals surface area contributed by atoms with Crippen molar-refractivity contribution in [2.75, 3.05) is 11.9 Å². The standard InChI is InChI=1S/C21H28N2O/c1-5-17-13-9-10-16(4)21(17)23-19(24)14-22-20(15(2)3)18-11-7-6-8-12-18/h6-13,15,20,22H,5,14H2,1-4H3,(H,23,24)/p+1/t20-/m1/s1. The largest absolute Gasteiger partial charge is 0.332 e. The number of rotatable bonds is 7. The molecule has 0 radical (unpaired) electrons. The summed E-state index contributed by atoms with van der Waals surface area (Å²) in [4.78, 5) is 12.4. The van der Waals surface area contributed by atoms with Gasteiger partial charge in [-0.1, -0.05) is 69.3 Å². The maximum Gasteiger partial charge on any atom is 0.279 e. The Labute approximate surface area is 145 Å². The number of nitrogens with two attached hydrogens (primary N) is 1. The van der Waals surface area contributed by atoms with Gasteiger partial charge in [-0.2, -0.15) is 0 Å². The van der Waals surface area contributed by atoms with Gasteiger partial charge < -0.3 is 10.6 Å². The monoisotopic (exact) mass is 325 g/mol. The summed E-state index contributed by atoms with van der Waals surface area (Å²) >= 11 is 0. The van der Waals surface area contributed by atoms with Crippen LogP contribution in [0.1, 0.15) is 43.5 Å². The lowest BCUT2D eigenvalue weighted by Gasteiger charge is -2.20. The number of carbonyl (C=O) groups excluding carboxylic acids is 1. The predicted molar refractivity (Wildman–Crippen MR) is 100 cm³/mol. The Kier molecular flexibility index (Phi) is 6.56. The van der Waals surface area contributed by atoms with E-state index in [2.05, 4.69) is 61.7 Å². The molecule has 0 spiro atoms. The number of quaternary nitrogens is 1. The summed E-state index contributed by atoms with van der Waals surface area (Å²) in [5.74, 6) is 0.519. The number of hydrogen-bond donors (Lipinski definition) is 2. The van der Waals surface area contributed by atoms with Crippen molar-refractivity contribution >= 4 is 11.6 Å². The molecule has 0 aliphatic carbocycles. The Morgan fingerprint density at radius 2 is 1.79 bits per heavy atom. The first-order valence-electron chi connectivity index (χ1n) is 8.79. The van der Waals surface area contributed by atoms with Crippen molar-refractivity contribution in [2.24, 2.45) is 5.92 Å². The Morgan fingerprint density at radius 1 is 1.08 bits per heavy atom. The molecule has 2 aromatic rings. The molecule has 24 heavy (non-hydrogen) atoms. The van der Waals surface area contributed by atoms with Gasteiger partial charge in [0.05, 0.1) is 0 Å². The summed E-state index contributed by atoms with van der Waals surface area (Å²) in [7, 11) is 0. The van der Waals surface area contributed by atoms with E-state index in [0.29, 0.717) is 18.5 Å². The zero-order valence-electron chi connectivity index (χ0n) is 15.2. The molecule has 0 aliphatic heterocycles. The topological polar surface area (TPSA) is 45.7 Å². The van der Waals surface area contributed by atoms with E-state index in [1.165, 1.54) is 11.1 Å². The third kappa shape index (κ3) is 4.68. The van der Waals surface area contributed by atoms with E-state index in [4.69, 9.17) is 0 Å². The molecule has 0 heterocycles. The zero-order chi connectivity index (χ0) is 17.5. The van der Waals surface area contributed by atoms with E-state index in [1.807, 2.05) is 25.1 Å². The highest BCUT2D eigenvalue weighted by molar-refractivity contribution is 5.93. The molecular weight excluding hydrogens is 296 g/mol. The van der Waals surface area contributed by atoms with Crippen LogP contribution in [0.2, 0.25) is 0 Å². The van der Waals surface area contributed by atoms with Crippen molar-refractivity contribution in [3.63, 3.8) is 0 Å². The average Bonchev–Trinajstić information content (AvgIpc) is 2.57. The fourth-order valence-corrected chi connectivity index (χ4v) is 3.09. The summed E-state index contributed by atoms with van der Waals surface area (Å²) in [5, 5.41) is 5.24. The van der Waals surface area contributed by atoms with Crippen molar-refractivity contribution in [3.05, 3.63) is 65.2 Å². The third-order valence-electron chi connectivity index (χ3n) is 4.46. The Morgan fingerprint density at radius 3 is 2.42 bits per heavy atom. The molecule has 2 aromatic carbocycles. The molecular formula is C21H29N2O+. The second-order valence-electron chi connectivity index (χ2n) is 6.63. The first-order chi connectivity index (χ1) is 11.5. The van der Waals surface area contributed by atoms with Gasteiger partial charge in [-0.25, -0.2) is 0 Å². The van der Waals surface area contributed by atoms with Crippen molar-refractivity contribution < 1.29 is 10.1 Å². The number of benzene rings is 2. The minimum Gasteiger partial charge on any atom is -0.332 e. The van der Waals surface area contributed by atoms with Crippen molar-refractivity contribution in [2.45, 2.75) is 40.2 Å². The van der Waals surface area contributed by atoms with Gasteiger partial charge in [0.1, 0.15) is 6.04 Å². The van der Waals surface area contributed by atoms with Gasteiger partial charge in [-0.3, -0.25) is 4.79 Å². The van der Waals surface area contributed by atoms with E-state index in [-0.39, 0.29) is 5.91 Å². The van der Waals surface area contributed by atoms with Crippen LogP contribution in [-0.2, 0) is 11.2 Å². The summed E-state index contributed by atoms with van der Waals surface area (Å²) < 4.78 is 0. The van der Waals surface area contributed by atoms with E-state index >= 15 is 0 Å². The van der Waals surface area contributed by atoms with Gasteiger partial charge >= 0.3 is 0 Å². The molecule has 0 bridgehead atoms. The minimum absolute atomic E-state index is 0.0561. The molecule has 0 aromatic heterocycles.